The van der Waals surface area contributed by atoms with Gasteiger partial charge in [-0.1, -0.05) is 20.8 Å². The summed E-state index contributed by atoms with van der Waals surface area (Å²) in [5, 5.41) is 0. The van der Waals surface area contributed by atoms with Gasteiger partial charge in [-0.25, -0.2) is 0 Å². The Hall–Kier alpha value is -0.530. The smallest absolute Gasteiger partial charge is 0.222 e. The molecule has 0 aromatic carbocycles. The van der Waals surface area contributed by atoms with Gasteiger partial charge in [0.25, 0.3) is 0 Å². The van der Waals surface area contributed by atoms with Gasteiger partial charge < -0.3 is 4.90 Å². The molecular weight excluding hydrogens is 150 g/mol. The molecule has 0 saturated carbocycles. The molecule has 0 spiro atoms. The van der Waals surface area contributed by atoms with Gasteiger partial charge in [0.2, 0.25) is 5.91 Å². The molecule has 0 aromatic rings. The number of hydrogen-bond acceptors (Lipinski definition) is 1. The number of amides is 1. The summed E-state index contributed by atoms with van der Waals surface area (Å²) in [7, 11) is 1.85. The summed E-state index contributed by atoms with van der Waals surface area (Å²) in [6.07, 6.45) is 1.62. The van der Waals surface area contributed by atoms with Gasteiger partial charge in [-0.05, 0) is 20.3 Å². The van der Waals surface area contributed by atoms with E-state index in [9.17, 15) is 4.79 Å². The van der Waals surface area contributed by atoms with E-state index in [0.717, 1.165) is 6.42 Å². The Kier molecular flexibility index (Phi) is 10.0. The summed E-state index contributed by atoms with van der Waals surface area (Å²) < 4.78 is 0. The van der Waals surface area contributed by atoms with Crippen LogP contribution in [0.25, 0.3) is 0 Å². The van der Waals surface area contributed by atoms with Crippen molar-refractivity contribution in [3.05, 3.63) is 0 Å². The molecule has 0 bridgehead atoms. The fraction of sp³-hybridized carbons (Fsp3) is 0.900. The topological polar surface area (TPSA) is 20.3 Å². The Morgan fingerprint density at radius 2 is 1.75 bits per heavy atom. The lowest BCUT2D eigenvalue weighted by Gasteiger charge is -2.20. The van der Waals surface area contributed by atoms with Gasteiger partial charge >= 0.3 is 0 Å². The zero-order valence-corrected chi connectivity index (χ0v) is 9.35. The molecule has 0 aliphatic carbocycles. The van der Waals surface area contributed by atoms with Crippen molar-refractivity contribution in [2.45, 2.75) is 53.5 Å². The Morgan fingerprint density at radius 1 is 1.33 bits per heavy atom. The van der Waals surface area contributed by atoms with Gasteiger partial charge in [0.15, 0.2) is 0 Å². The first kappa shape index (κ1) is 14.0. The van der Waals surface area contributed by atoms with Crippen LogP contribution in [0.1, 0.15) is 47.5 Å². The molecule has 0 rings (SSSR count). The zero-order valence-electron chi connectivity index (χ0n) is 9.35. The van der Waals surface area contributed by atoms with Gasteiger partial charge in [-0.15, -0.1) is 0 Å². The van der Waals surface area contributed by atoms with Crippen molar-refractivity contribution in [1.82, 2.24) is 4.90 Å². The van der Waals surface area contributed by atoms with Crippen molar-refractivity contribution in [3.63, 3.8) is 0 Å². The highest BCUT2D eigenvalue weighted by Crippen LogP contribution is 1.98. The Bertz CT molecular complexity index is 110. The lowest BCUT2D eigenvalue weighted by atomic mass is 10.2. The molecule has 0 aromatic heterocycles. The van der Waals surface area contributed by atoms with E-state index in [1.54, 1.807) is 4.90 Å². The average Bonchev–Trinajstić information content (AvgIpc) is 2.07. The van der Waals surface area contributed by atoms with E-state index in [4.69, 9.17) is 0 Å². The minimum absolute atomic E-state index is 0.248. The predicted molar refractivity (Wildman–Crippen MR) is 54.2 cm³/mol. The molecular formula is C10H23NO. The first-order valence-corrected chi connectivity index (χ1v) is 4.85. The van der Waals surface area contributed by atoms with Crippen LogP contribution < -0.4 is 0 Å². The van der Waals surface area contributed by atoms with E-state index in [1.165, 1.54) is 0 Å². The number of carbonyl (C=O) groups excluding carboxylic acids is 1. The summed E-state index contributed by atoms with van der Waals surface area (Å²) in [5.41, 5.74) is 0. The second kappa shape index (κ2) is 8.57. The van der Waals surface area contributed by atoms with Gasteiger partial charge in [-0.2, -0.15) is 0 Å². The normalized spacial score (nSPS) is 8.92. The molecule has 0 N–H and O–H groups in total. The van der Waals surface area contributed by atoms with Crippen LogP contribution in [0.15, 0.2) is 0 Å². The Morgan fingerprint density at radius 3 is 2.00 bits per heavy atom. The molecule has 0 saturated heterocycles. The Balaban J connectivity index is 0. The van der Waals surface area contributed by atoms with Gasteiger partial charge in [0, 0.05) is 19.5 Å². The second-order valence-electron chi connectivity index (χ2n) is 2.85. The molecule has 0 atom stereocenters. The first-order chi connectivity index (χ1) is 5.59. The van der Waals surface area contributed by atoms with E-state index >= 15 is 0 Å². The maximum absolute atomic E-state index is 11.1. The van der Waals surface area contributed by atoms with E-state index in [1.807, 2.05) is 41.7 Å². The van der Waals surface area contributed by atoms with Crippen LogP contribution in [-0.4, -0.2) is 23.9 Å². The predicted octanol–water partition coefficient (Wildman–Crippen LogP) is 2.68. The molecule has 74 valence electrons. The summed E-state index contributed by atoms with van der Waals surface area (Å²) >= 11 is 0. The molecule has 0 radical (unpaired) electrons. The quantitative estimate of drug-likeness (QED) is 0.642. The standard InChI is InChI=1S/C8H17NO.C2H6/c1-5-6-8(10)9(4)7(2)3;1-2/h7H,5-6H2,1-4H3;1-2H3. The maximum Gasteiger partial charge on any atom is 0.222 e. The average molecular weight is 173 g/mol. The third-order valence-corrected chi connectivity index (χ3v) is 1.63. The molecule has 0 fully saturated rings. The maximum atomic E-state index is 11.1. The Labute approximate surface area is 77.0 Å². The van der Waals surface area contributed by atoms with Crippen LogP contribution in [0.4, 0.5) is 0 Å². The van der Waals surface area contributed by atoms with Gasteiger partial charge in [0.05, 0.1) is 0 Å². The fourth-order valence-electron chi connectivity index (χ4n) is 0.678. The van der Waals surface area contributed by atoms with E-state index in [2.05, 4.69) is 0 Å². The van der Waals surface area contributed by atoms with E-state index < -0.39 is 0 Å². The monoisotopic (exact) mass is 173 g/mol. The minimum atomic E-state index is 0.248. The molecule has 12 heavy (non-hydrogen) atoms. The number of carbonyl (C=O) groups is 1. The van der Waals surface area contributed by atoms with Crippen molar-refractivity contribution in [2.75, 3.05) is 7.05 Å². The van der Waals surface area contributed by atoms with E-state index in [-0.39, 0.29) is 5.91 Å². The highest BCUT2D eigenvalue weighted by atomic mass is 16.2. The number of rotatable bonds is 3. The third-order valence-electron chi connectivity index (χ3n) is 1.63. The zero-order chi connectivity index (χ0) is 10.1. The number of nitrogens with zero attached hydrogens (tertiary/aromatic N) is 1. The largest absolute Gasteiger partial charge is 0.343 e. The lowest BCUT2D eigenvalue weighted by Crippen LogP contribution is -2.32. The highest BCUT2D eigenvalue weighted by Gasteiger charge is 2.09. The molecule has 2 nitrogen and oxygen atoms in total. The fourth-order valence-corrected chi connectivity index (χ4v) is 0.678. The summed E-state index contributed by atoms with van der Waals surface area (Å²) in [6.45, 7) is 10.1. The SMILES string of the molecule is CC.CCCC(=O)N(C)C(C)C. The summed E-state index contributed by atoms with van der Waals surface area (Å²) in [5.74, 6) is 0.248. The van der Waals surface area contributed by atoms with Gasteiger partial charge in [-0.3, -0.25) is 4.79 Å². The summed E-state index contributed by atoms with van der Waals surface area (Å²) in [4.78, 5) is 12.9. The molecule has 0 heterocycles. The van der Waals surface area contributed by atoms with E-state index in [0.29, 0.717) is 12.5 Å². The number of hydrogen-bond donors (Lipinski definition) is 0. The van der Waals surface area contributed by atoms with Crippen LogP contribution >= 0.6 is 0 Å². The van der Waals surface area contributed by atoms with Gasteiger partial charge in [0.1, 0.15) is 0 Å². The highest BCUT2D eigenvalue weighted by molar-refractivity contribution is 5.75. The minimum Gasteiger partial charge on any atom is -0.343 e. The van der Waals surface area contributed by atoms with Crippen LogP contribution in [0, 0.1) is 0 Å². The summed E-state index contributed by atoms with van der Waals surface area (Å²) in [6, 6.07) is 0.332. The van der Waals surface area contributed by atoms with Crippen LogP contribution in [0.3, 0.4) is 0 Å². The molecule has 0 aliphatic rings. The van der Waals surface area contributed by atoms with Crippen molar-refractivity contribution >= 4 is 5.91 Å². The third kappa shape index (κ3) is 6.20. The van der Waals surface area contributed by atoms with Crippen LogP contribution in [0.2, 0.25) is 0 Å². The lowest BCUT2D eigenvalue weighted by molar-refractivity contribution is -0.131. The second-order valence-corrected chi connectivity index (χ2v) is 2.85. The van der Waals surface area contributed by atoms with Crippen LogP contribution in [-0.2, 0) is 4.79 Å². The van der Waals surface area contributed by atoms with Crippen molar-refractivity contribution in [3.8, 4) is 0 Å². The molecule has 2 heteroatoms. The molecule has 0 aliphatic heterocycles. The molecule has 0 unspecified atom stereocenters. The van der Waals surface area contributed by atoms with Crippen molar-refractivity contribution < 1.29 is 4.79 Å². The van der Waals surface area contributed by atoms with Crippen LogP contribution in [0.5, 0.6) is 0 Å². The first-order valence-electron chi connectivity index (χ1n) is 4.85. The molecule has 1 amide bonds. The van der Waals surface area contributed by atoms with Crippen molar-refractivity contribution in [2.24, 2.45) is 0 Å². The van der Waals surface area contributed by atoms with Crippen molar-refractivity contribution in [1.29, 1.82) is 0 Å².